The molecular weight excluding hydrogens is 307 g/mol. The summed E-state index contributed by atoms with van der Waals surface area (Å²) in [6.45, 7) is -0.0883. The fourth-order valence-electron chi connectivity index (χ4n) is 1.71. The lowest BCUT2D eigenvalue weighted by Gasteiger charge is -2.15. The minimum absolute atomic E-state index is 0.0441. The molecule has 0 heterocycles. The van der Waals surface area contributed by atoms with Crippen molar-refractivity contribution >= 4 is 13.8 Å². The molecule has 0 aromatic heterocycles. The zero-order chi connectivity index (χ0) is 16.0. The van der Waals surface area contributed by atoms with Crippen LogP contribution in [0.3, 0.4) is 0 Å². The predicted octanol–water partition coefficient (Wildman–Crippen LogP) is 3.17. The van der Waals surface area contributed by atoms with Crippen LogP contribution in [0.15, 0.2) is 54.6 Å². The monoisotopic (exact) mass is 322 g/mol. The Morgan fingerprint density at radius 2 is 1.73 bits per heavy atom. The van der Waals surface area contributed by atoms with Gasteiger partial charge >= 0.3 is 13.8 Å². The number of carbonyl (C=O) groups is 1. The largest absolute Gasteiger partial charge is 0.527 e. The molecule has 1 atom stereocenters. The number of hydrogen-bond donors (Lipinski definition) is 1. The van der Waals surface area contributed by atoms with E-state index in [4.69, 9.17) is 9.05 Å². The van der Waals surface area contributed by atoms with Crippen molar-refractivity contribution in [3.05, 3.63) is 65.7 Å². The van der Waals surface area contributed by atoms with Crippen LogP contribution in [0.4, 0.5) is 0 Å². The van der Waals surface area contributed by atoms with Crippen LogP contribution >= 0.6 is 7.82 Å². The molecule has 1 N–H and O–H groups in total. The Morgan fingerprint density at radius 1 is 1.09 bits per heavy atom. The molecule has 1 unspecified atom stereocenters. The van der Waals surface area contributed by atoms with Crippen molar-refractivity contribution in [3.63, 3.8) is 0 Å². The van der Waals surface area contributed by atoms with E-state index in [9.17, 15) is 14.3 Å². The number of rotatable bonds is 6. The lowest BCUT2D eigenvalue weighted by molar-refractivity contribution is 0.0598. The molecule has 0 spiro atoms. The number of methoxy groups -OCH3 is 1. The van der Waals surface area contributed by atoms with Gasteiger partial charge in [0.1, 0.15) is 11.3 Å². The van der Waals surface area contributed by atoms with Crippen molar-refractivity contribution in [1.29, 1.82) is 0 Å². The Bertz CT molecular complexity index is 685. The number of carbonyl (C=O) groups excluding carboxylic acids is 1. The Kier molecular flexibility index (Phi) is 5.33. The van der Waals surface area contributed by atoms with Crippen molar-refractivity contribution in [2.45, 2.75) is 6.61 Å². The number of para-hydroxylation sites is 1. The molecule has 22 heavy (non-hydrogen) atoms. The molecule has 0 saturated carbocycles. The summed E-state index contributed by atoms with van der Waals surface area (Å²) >= 11 is 0. The van der Waals surface area contributed by atoms with Crippen molar-refractivity contribution in [2.75, 3.05) is 7.11 Å². The zero-order valence-electron chi connectivity index (χ0n) is 11.8. The smallest absolute Gasteiger partial charge is 0.465 e. The zero-order valence-corrected chi connectivity index (χ0v) is 12.7. The molecule has 0 bridgehead atoms. The highest BCUT2D eigenvalue weighted by Gasteiger charge is 2.26. The Labute approximate surface area is 127 Å². The van der Waals surface area contributed by atoms with Gasteiger partial charge < -0.3 is 9.26 Å². The average molecular weight is 322 g/mol. The fourth-order valence-corrected chi connectivity index (χ4v) is 2.48. The van der Waals surface area contributed by atoms with Crippen molar-refractivity contribution < 1.29 is 28.0 Å². The number of hydrogen-bond acceptors (Lipinski definition) is 5. The van der Waals surface area contributed by atoms with Gasteiger partial charge in [0.25, 0.3) is 0 Å². The van der Waals surface area contributed by atoms with Gasteiger partial charge in [0, 0.05) is 0 Å². The number of benzene rings is 2. The van der Waals surface area contributed by atoms with E-state index < -0.39 is 13.8 Å². The lowest BCUT2D eigenvalue weighted by Crippen LogP contribution is -2.05. The molecular formula is C15H15O6P. The van der Waals surface area contributed by atoms with Crippen LogP contribution < -0.4 is 4.52 Å². The molecule has 6 nitrogen and oxygen atoms in total. The maximum absolute atomic E-state index is 12.0. The van der Waals surface area contributed by atoms with E-state index in [1.165, 1.54) is 19.2 Å². The second-order valence-electron chi connectivity index (χ2n) is 4.31. The SMILES string of the molecule is COC(=O)c1ccccc1OP(=O)(O)OCc1ccccc1. The third-order valence-electron chi connectivity index (χ3n) is 2.74. The number of phosphoric acid groups is 1. The van der Waals surface area contributed by atoms with E-state index in [1.54, 1.807) is 36.4 Å². The van der Waals surface area contributed by atoms with E-state index >= 15 is 0 Å². The maximum Gasteiger partial charge on any atom is 0.527 e. The highest BCUT2D eigenvalue weighted by atomic mass is 31.2. The maximum atomic E-state index is 12.0. The number of ether oxygens (including phenoxy) is 1. The third-order valence-corrected chi connectivity index (χ3v) is 3.63. The Hall–Kier alpha value is -2.14. The minimum Gasteiger partial charge on any atom is -0.465 e. The van der Waals surface area contributed by atoms with E-state index in [0.29, 0.717) is 0 Å². The highest BCUT2D eigenvalue weighted by molar-refractivity contribution is 7.47. The van der Waals surface area contributed by atoms with Gasteiger partial charge in [-0.1, -0.05) is 42.5 Å². The van der Waals surface area contributed by atoms with Crippen LogP contribution in [0.5, 0.6) is 5.75 Å². The molecule has 0 aliphatic carbocycles. The summed E-state index contributed by atoms with van der Waals surface area (Å²) < 4.78 is 26.5. The first-order valence-electron chi connectivity index (χ1n) is 6.40. The first kappa shape index (κ1) is 16.2. The van der Waals surface area contributed by atoms with E-state index in [1.807, 2.05) is 6.07 Å². The summed E-state index contributed by atoms with van der Waals surface area (Å²) in [5, 5.41) is 0. The van der Waals surface area contributed by atoms with Crippen LogP contribution in [0.1, 0.15) is 15.9 Å². The summed E-state index contributed by atoms with van der Waals surface area (Å²) in [6, 6.07) is 14.9. The molecule has 7 heteroatoms. The molecule has 116 valence electrons. The second-order valence-corrected chi connectivity index (χ2v) is 5.68. The van der Waals surface area contributed by atoms with Crippen molar-refractivity contribution in [1.82, 2.24) is 0 Å². The third kappa shape index (κ3) is 4.43. The summed E-state index contributed by atoms with van der Waals surface area (Å²) in [4.78, 5) is 21.4. The summed E-state index contributed by atoms with van der Waals surface area (Å²) in [6.07, 6.45) is 0. The Balaban J connectivity index is 2.09. The van der Waals surface area contributed by atoms with Gasteiger partial charge in [-0.2, -0.15) is 0 Å². The van der Waals surface area contributed by atoms with Gasteiger partial charge in [-0.05, 0) is 17.7 Å². The first-order valence-corrected chi connectivity index (χ1v) is 7.89. The molecule has 0 aliphatic rings. The van der Waals surface area contributed by atoms with Gasteiger partial charge in [-0.15, -0.1) is 0 Å². The average Bonchev–Trinajstić information content (AvgIpc) is 2.53. The van der Waals surface area contributed by atoms with Gasteiger partial charge in [-0.3, -0.25) is 9.42 Å². The van der Waals surface area contributed by atoms with Gasteiger partial charge in [0.2, 0.25) is 0 Å². The van der Waals surface area contributed by atoms with Crippen LogP contribution in [0.2, 0.25) is 0 Å². The van der Waals surface area contributed by atoms with Gasteiger partial charge in [0.15, 0.2) is 0 Å². The first-order chi connectivity index (χ1) is 10.5. The molecule has 2 aromatic rings. The molecule has 2 rings (SSSR count). The summed E-state index contributed by atoms with van der Waals surface area (Å²) in [5.74, 6) is -0.744. The molecule has 0 aliphatic heterocycles. The van der Waals surface area contributed by atoms with Crippen LogP contribution in [0.25, 0.3) is 0 Å². The van der Waals surface area contributed by atoms with Crippen LogP contribution in [0, 0.1) is 0 Å². The normalized spacial score (nSPS) is 13.2. The van der Waals surface area contributed by atoms with Gasteiger partial charge in [-0.25, -0.2) is 9.36 Å². The molecule has 0 fully saturated rings. The molecule has 0 amide bonds. The highest BCUT2D eigenvalue weighted by Crippen LogP contribution is 2.45. The number of esters is 1. The summed E-state index contributed by atoms with van der Waals surface area (Å²) in [7, 11) is -3.15. The van der Waals surface area contributed by atoms with Crippen molar-refractivity contribution in [2.24, 2.45) is 0 Å². The standard InChI is InChI=1S/C15H15O6P/c1-19-15(16)13-9-5-6-10-14(13)21-22(17,18)20-11-12-7-3-2-4-8-12/h2-10H,11H2,1H3,(H,17,18). The topological polar surface area (TPSA) is 82.1 Å². The molecule has 2 aromatic carbocycles. The van der Waals surface area contributed by atoms with Crippen molar-refractivity contribution in [3.8, 4) is 5.75 Å². The Morgan fingerprint density at radius 3 is 2.41 bits per heavy atom. The van der Waals surface area contributed by atoms with E-state index in [0.717, 1.165) is 5.56 Å². The molecule has 0 radical (unpaired) electrons. The van der Waals surface area contributed by atoms with E-state index in [2.05, 4.69) is 4.74 Å². The lowest BCUT2D eigenvalue weighted by atomic mass is 10.2. The van der Waals surface area contributed by atoms with Crippen LogP contribution in [-0.4, -0.2) is 18.0 Å². The number of phosphoric ester groups is 1. The second kappa shape index (κ2) is 7.22. The quantitative estimate of drug-likeness (QED) is 0.650. The van der Waals surface area contributed by atoms with E-state index in [-0.39, 0.29) is 17.9 Å². The minimum atomic E-state index is -4.36. The van der Waals surface area contributed by atoms with Gasteiger partial charge in [0.05, 0.1) is 13.7 Å². The fraction of sp³-hybridized carbons (Fsp3) is 0.133. The predicted molar refractivity (Wildman–Crippen MR) is 79.5 cm³/mol. The molecule has 0 saturated heterocycles. The van der Waals surface area contributed by atoms with Crippen LogP contribution in [-0.2, 0) is 20.4 Å². The summed E-state index contributed by atoms with van der Waals surface area (Å²) in [5.41, 5.74) is 0.768.